The molecule has 3 rings (SSSR count). The lowest BCUT2D eigenvalue weighted by atomic mass is 9.94. The van der Waals surface area contributed by atoms with Crippen LogP contribution < -0.4 is 5.32 Å². The second kappa shape index (κ2) is 5.87. The Labute approximate surface area is 127 Å². The Hall–Kier alpha value is -1.85. The van der Waals surface area contributed by atoms with Crippen LogP contribution in [0.25, 0.3) is 0 Å². The molecule has 0 bridgehead atoms. The number of phenolic OH excluding ortho intramolecular Hbond substituents is 3. The van der Waals surface area contributed by atoms with Crippen LogP contribution in [0, 0.1) is 0 Å². The number of phenols is 3. The Bertz CT molecular complexity index is 643. The van der Waals surface area contributed by atoms with Gasteiger partial charge in [-0.05, 0) is 60.5 Å². The molecule has 0 fully saturated rings. The number of rotatable bonds is 3. The van der Waals surface area contributed by atoms with Crippen molar-refractivity contribution in [3.8, 4) is 17.2 Å². The molecule has 1 aliphatic heterocycles. The summed E-state index contributed by atoms with van der Waals surface area (Å²) < 4.78 is 0. The SMILES string of the molecule is Oc1ccc(SCC2NCCc3cc(O)c(O)cc32)cc1. The van der Waals surface area contributed by atoms with Gasteiger partial charge >= 0.3 is 0 Å². The number of thioether (sulfide) groups is 1. The first-order valence-electron chi connectivity index (χ1n) is 6.83. The standard InChI is InChI=1S/C16H17NO3S/c18-11-1-3-12(4-2-11)21-9-14-13-8-16(20)15(19)7-10(13)5-6-17-14/h1-4,7-8,14,17-20H,5-6,9H2. The summed E-state index contributed by atoms with van der Waals surface area (Å²) in [5, 5.41) is 32.0. The third-order valence-corrected chi connectivity index (χ3v) is 4.76. The molecule has 2 aromatic rings. The van der Waals surface area contributed by atoms with Gasteiger partial charge in [-0.15, -0.1) is 11.8 Å². The lowest BCUT2D eigenvalue weighted by molar-refractivity contribution is 0.400. The quantitative estimate of drug-likeness (QED) is 0.518. The topological polar surface area (TPSA) is 72.7 Å². The normalized spacial score (nSPS) is 17.4. The van der Waals surface area contributed by atoms with Crippen LogP contribution in [0.4, 0.5) is 0 Å². The Kier molecular flexibility index (Phi) is 3.94. The summed E-state index contributed by atoms with van der Waals surface area (Å²) in [6.45, 7) is 0.859. The van der Waals surface area contributed by atoms with Crippen molar-refractivity contribution in [1.82, 2.24) is 5.32 Å². The highest BCUT2D eigenvalue weighted by molar-refractivity contribution is 7.99. The minimum atomic E-state index is -0.0721. The van der Waals surface area contributed by atoms with Gasteiger partial charge in [-0.2, -0.15) is 0 Å². The van der Waals surface area contributed by atoms with Crippen molar-refractivity contribution >= 4 is 11.8 Å². The third-order valence-electron chi connectivity index (χ3n) is 3.65. The predicted octanol–water partition coefficient (Wildman–Crippen LogP) is 2.78. The van der Waals surface area contributed by atoms with Crippen molar-refractivity contribution in [3.63, 3.8) is 0 Å². The van der Waals surface area contributed by atoms with E-state index in [0.717, 1.165) is 34.7 Å². The molecule has 1 heterocycles. The van der Waals surface area contributed by atoms with Gasteiger partial charge in [-0.1, -0.05) is 0 Å². The van der Waals surface area contributed by atoms with E-state index >= 15 is 0 Å². The van der Waals surface area contributed by atoms with Crippen LogP contribution in [-0.4, -0.2) is 27.6 Å². The lowest BCUT2D eigenvalue weighted by Gasteiger charge is -2.27. The molecule has 0 aliphatic carbocycles. The maximum absolute atomic E-state index is 9.70. The van der Waals surface area contributed by atoms with Crippen LogP contribution in [0.2, 0.25) is 0 Å². The molecule has 0 amide bonds. The van der Waals surface area contributed by atoms with Gasteiger partial charge in [-0.25, -0.2) is 0 Å². The van der Waals surface area contributed by atoms with E-state index in [1.807, 2.05) is 12.1 Å². The minimum Gasteiger partial charge on any atom is -0.508 e. The fraction of sp³-hybridized carbons (Fsp3) is 0.250. The Morgan fingerprint density at radius 3 is 2.52 bits per heavy atom. The summed E-state index contributed by atoms with van der Waals surface area (Å²) in [5.74, 6) is 0.959. The monoisotopic (exact) mass is 303 g/mol. The van der Waals surface area contributed by atoms with E-state index in [1.165, 1.54) is 0 Å². The second-order valence-corrected chi connectivity index (χ2v) is 6.19. The van der Waals surface area contributed by atoms with Crippen molar-refractivity contribution < 1.29 is 15.3 Å². The first kappa shape index (κ1) is 14.1. The molecule has 0 spiro atoms. The van der Waals surface area contributed by atoms with Crippen LogP contribution in [0.15, 0.2) is 41.3 Å². The Balaban J connectivity index is 1.76. The number of hydrogen-bond donors (Lipinski definition) is 4. The molecule has 4 N–H and O–H groups in total. The van der Waals surface area contributed by atoms with E-state index in [1.54, 1.807) is 36.0 Å². The summed E-state index contributed by atoms with van der Waals surface area (Å²) >= 11 is 1.69. The molecule has 110 valence electrons. The van der Waals surface area contributed by atoms with E-state index in [0.29, 0.717) is 0 Å². The maximum atomic E-state index is 9.70. The molecular formula is C16H17NO3S. The van der Waals surface area contributed by atoms with Crippen molar-refractivity contribution in [2.24, 2.45) is 0 Å². The average Bonchev–Trinajstić information content (AvgIpc) is 2.48. The van der Waals surface area contributed by atoms with E-state index in [-0.39, 0.29) is 23.3 Å². The van der Waals surface area contributed by atoms with Crippen molar-refractivity contribution in [3.05, 3.63) is 47.5 Å². The zero-order valence-corrected chi connectivity index (χ0v) is 12.2. The number of hydrogen-bond acceptors (Lipinski definition) is 5. The number of fused-ring (bicyclic) bond motifs is 1. The summed E-state index contributed by atoms with van der Waals surface area (Å²) in [6.07, 6.45) is 0.851. The van der Waals surface area contributed by atoms with Gasteiger partial charge in [0.25, 0.3) is 0 Å². The molecule has 2 aromatic carbocycles. The maximum Gasteiger partial charge on any atom is 0.157 e. The molecule has 5 heteroatoms. The Morgan fingerprint density at radius 1 is 1.05 bits per heavy atom. The predicted molar refractivity (Wildman–Crippen MR) is 83.1 cm³/mol. The average molecular weight is 303 g/mol. The zero-order valence-electron chi connectivity index (χ0n) is 11.4. The van der Waals surface area contributed by atoms with Gasteiger partial charge in [0, 0.05) is 16.7 Å². The van der Waals surface area contributed by atoms with Gasteiger partial charge in [0.2, 0.25) is 0 Å². The van der Waals surface area contributed by atoms with E-state index in [2.05, 4.69) is 5.32 Å². The second-order valence-electron chi connectivity index (χ2n) is 5.10. The first-order valence-corrected chi connectivity index (χ1v) is 7.82. The van der Waals surface area contributed by atoms with Crippen molar-refractivity contribution in [1.29, 1.82) is 0 Å². The van der Waals surface area contributed by atoms with Crippen LogP contribution in [-0.2, 0) is 6.42 Å². The van der Waals surface area contributed by atoms with Gasteiger partial charge in [0.15, 0.2) is 11.5 Å². The first-order chi connectivity index (χ1) is 10.1. The summed E-state index contributed by atoms with van der Waals surface area (Å²) in [6, 6.07) is 10.6. The van der Waals surface area contributed by atoms with Crippen LogP contribution in [0.3, 0.4) is 0 Å². The minimum absolute atomic E-state index is 0.0550. The highest BCUT2D eigenvalue weighted by Gasteiger charge is 2.21. The third kappa shape index (κ3) is 3.09. The number of aromatic hydroxyl groups is 3. The van der Waals surface area contributed by atoms with Crippen LogP contribution in [0.5, 0.6) is 17.2 Å². The summed E-state index contributed by atoms with van der Waals surface area (Å²) in [7, 11) is 0. The molecule has 0 saturated carbocycles. The van der Waals surface area contributed by atoms with Gasteiger partial charge in [0.05, 0.1) is 0 Å². The fourth-order valence-electron chi connectivity index (χ4n) is 2.54. The van der Waals surface area contributed by atoms with E-state index in [4.69, 9.17) is 0 Å². The highest BCUT2D eigenvalue weighted by Crippen LogP contribution is 2.35. The molecule has 1 unspecified atom stereocenters. The zero-order chi connectivity index (χ0) is 14.8. The molecule has 0 aromatic heterocycles. The van der Waals surface area contributed by atoms with Gasteiger partial charge in [0.1, 0.15) is 5.75 Å². The summed E-state index contributed by atoms with van der Waals surface area (Å²) in [5.41, 5.74) is 2.13. The van der Waals surface area contributed by atoms with Crippen molar-refractivity contribution in [2.45, 2.75) is 17.4 Å². The lowest BCUT2D eigenvalue weighted by Crippen LogP contribution is -2.31. The van der Waals surface area contributed by atoms with Gasteiger partial charge in [-0.3, -0.25) is 0 Å². The van der Waals surface area contributed by atoms with Crippen LogP contribution >= 0.6 is 11.8 Å². The molecule has 1 atom stereocenters. The highest BCUT2D eigenvalue weighted by atomic mass is 32.2. The number of benzene rings is 2. The Morgan fingerprint density at radius 2 is 1.76 bits per heavy atom. The largest absolute Gasteiger partial charge is 0.508 e. The van der Waals surface area contributed by atoms with E-state index in [9.17, 15) is 15.3 Å². The smallest absolute Gasteiger partial charge is 0.157 e. The number of nitrogens with one attached hydrogen (secondary N) is 1. The summed E-state index contributed by atoms with van der Waals surface area (Å²) in [4.78, 5) is 1.09. The van der Waals surface area contributed by atoms with E-state index < -0.39 is 0 Å². The molecular weight excluding hydrogens is 286 g/mol. The van der Waals surface area contributed by atoms with Crippen molar-refractivity contribution in [2.75, 3.05) is 12.3 Å². The van der Waals surface area contributed by atoms with Gasteiger partial charge < -0.3 is 20.6 Å². The molecule has 4 nitrogen and oxygen atoms in total. The van der Waals surface area contributed by atoms with Crippen LogP contribution in [0.1, 0.15) is 17.2 Å². The molecule has 0 saturated heterocycles. The molecule has 21 heavy (non-hydrogen) atoms. The fourth-order valence-corrected chi connectivity index (χ4v) is 3.52. The molecule has 1 aliphatic rings. The molecule has 0 radical (unpaired) electrons.